The molecule has 0 atom stereocenters. The molecule has 0 N–H and O–H groups in total. The average Bonchev–Trinajstić information content (AvgIpc) is 2.34. The van der Waals surface area contributed by atoms with Crippen molar-refractivity contribution in [3.05, 3.63) is 12.2 Å². The number of unbranched alkanes of at least 4 members (excludes halogenated alkanes) is 9. The third kappa shape index (κ3) is 15.2. The Balaban J connectivity index is 3.04. The van der Waals surface area contributed by atoms with E-state index in [1.54, 1.807) is 0 Å². The van der Waals surface area contributed by atoms with Crippen LogP contribution in [-0.4, -0.2) is 5.97 Å². The van der Waals surface area contributed by atoms with E-state index in [1.807, 2.05) is 6.08 Å². The fourth-order valence-electron chi connectivity index (χ4n) is 2.01. The average molecular weight is 253 g/mol. The quantitative estimate of drug-likeness (QED) is 0.368. The molecule has 0 radical (unpaired) electrons. The maximum Gasteiger partial charge on any atom is 0.0417 e. The van der Waals surface area contributed by atoms with Gasteiger partial charge in [0, 0.05) is 5.97 Å². The van der Waals surface area contributed by atoms with Crippen LogP contribution in [0.1, 0.15) is 84.0 Å². The first kappa shape index (κ1) is 17.2. The van der Waals surface area contributed by atoms with Crippen LogP contribution in [0.25, 0.3) is 0 Å². The molecule has 0 spiro atoms. The number of allylic oxidation sites excluding steroid dienone is 2. The van der Waals surface area contributed by atoms with Crippen molar-refractivity contribution in [2.75, 3.05) is 0 Å². The third-order valence-electron chi connectivity index (χ3n) is 3.16. The normalized spacial score (nSPS) is 11.2. The number of carbonyl (C=O) groups excluding carboxylic acids is 1. The third-order valence-corrected chi connectivity index (χ3v) is 3.16. The van der Waals surface area contributed by atoms with Gasteiger partial charge in [-0.25, -0.2) is 0 Å². The van der Waals surface area contributed by atoms with Crippen molar-refractivity contribution in [1.29, 1.82) is 0 Å². The highest BCUT2D eigenvalue weighted by atomic mass is 16.4. The molecule has 106 valence electrons. The van der Waals surface area contributed by atoms with Crippen LogP contribution in [0.3, 0.4) is 0 Å². The van der Waals surface area contributed by atoms with E-state index in [0.717, 1.165) is 6.42 Å². The Kier molecular flexibility index (Phi) is 13.6. The summed E-state index contributed by atoms with van der Waals surface area (Å²) in [5.41, 5.74) is 0. The molecular formula is C16H29O2-. The molecule has 0 aromatic rings. The standard InChI is InChI=1S/C16H30O2/c1-2-3-4-5-6-7-8-9-10-11-12-13-14-15-16(17)18/h12-13H,2-11,14-15H2,1H3,(H,17,18)/p-1/b13-12-. The Morgan fingerprint density at radius 2 is 1.33 bits per heavy atom. The van der Waals surface area contributed by atoms with Crippen molar-refractivity contribution in [3.63, 3.8) is 0 Å². The van der Waals surface area contributed by atoms with Crippen molar-refractivity contribution >= 4 is 5.97 Å². The predicted octanol–water partition coefficient (Wildman–Crippen LogP) is 3.99. The van der Waals surface area contributed by atoms with Crippen LogP contribution in [0, 0.1) is 0 Å². The first-order chi connectivity index (χ1) is 8.77. The molecule has 0 aliphatic carbocycles. The molecule has 0 saturated carbocycles. The van der Waals surface area contributed by atoms with Crippen molar-refractivity contribution in [1.82, 2.24) is 0 Å². The molecule has 2 nitrogen and oxygen atoms in total. The highest BCUT2D eigenvalue weighted by Gasteiger charge is 1.91. The number of hydrogen-bond donors (Lipinski definition) is 0. The van der Waals surface area contributed by atoms with Gasteiger partial charge in [-0.3, -0.25) is 0 Å². The second kappa shape index (κ2) is 14.3. The fraction of sp³-hybridized carbons (Fsp3) is 0.812. The Hall–Kier alpha value is -0.790. The molecule has 0 amide bonds. The summed E-state index contributed by atoms with van der Waals surface area (Å²) in [6, 6.07) is 0. The SMILES string of the molecule is CCCCCCCCCCC/C=C\CCC(=O)[O-]. The minimum atomic E-state index is -0.956. The summed E-state index contributed by atoms with van der Waals surface area (Å²) in [5.74, 6) is -0.956. The number of carbonyl (C=O) groups is 1. The summed E-state index contributed by atoms with van der Waals surface area (Å²) in [4.78, 5) is 10.2. The van der Waals surface area contributed by atoms with E-state index in [2.05, 4.69) is 13.0 Å². The molecule has 0 bridgehead atoms. The predicted molar refractivity (Wildman–Crippen MR) is 75.2 cm³/mol. The zero-order chi connectivity index (χ0) is 13.5. The van der Waals surface area contributed by atoms with Gasteiger partial charge in [0.05, 0.1) is 0 Å². The van der Waals surface area contributed by atoms with Crippen LogP contribution in [0.5, 0.6) is 0 Å². The molecule has 0 rings (SSSR count). The van der Waals surface area contributed by atoms with E-state index < -0.39 is 5.97 Å². The summed E-state index contributed by atoms with van der Waals surface area (Å²) in [7, 11) is 0. The van der Waals surface area contributed by atoms with Crippen LogP contribution in [0.4, 0.5) is 0 Å². The first-order valence-electron chi connectivity index (χ1n) is 7.62. The molecule has 0 aromatic carbocycles. The van der Waals surface area contributed by atoms with Gasteiger partial charge in [0.1, 0.15) is 0 Å². The smallest absolute Gasteiger partial charge is 0.0417 e. The summed E-state index contributed by atoms with van der Waals surface area (Å²) in [6.45, 7) is 2.25. The van der Waals surface area contributed by atoms with E-state index in [-0.39, 0.29) is 6.42 Å². The molecule has 18 heavy (non-hydrogen) atoms. The lowest BCUT2D eigenvalue weighted by molar-refractivity contribution is -0.305. The molecule has 0 aliphatic rings. The van der Waals surface area contributed by atoms with Crippen LogP contribution in [0.2, 0.25) is 0 Å². The highest BCUT2D eigenvalue weighted by Crippen LogP contribution is 2.10. The topological polar surface area (TPSA) is 40.1 Å². The van der Waals surface area contributed by atoms with Crippen LogP contribution in [-0.2, 0) is 4.79 Å². The van der Waals surface area contributed by atoms with Crippen LogP contribution >= 0.6 is 0 Å². The van der Waals surface area contributed by atoms with Crippen LogP contribution in [0.15, 0.2) is 12.2 Å². The minimum absolute atomic E-state index is 0.147. The lowest BCUT2D eigenvalue weighted by Gasteiger charge is -2.00. The van der Waals surface area contributed by atoms with E-state index in [1.165, 1.54) is 57.8 Å². The molecule has 0 unspecified atom stereocenters. The van der Waals surface area contributed by atoms with Gasteiger partial charge in [-0.2, -0.15) is 0 Å². The molecule has 0 heterocycles. The lowest BCUT2D eigenvalue weighted by Crippen LogP contribution is -2.21. The largest absolute Gasteiger partial charge is 0.550 e. The van der Waals surface area contributed by atoms with E-state index in [0.29, 0.717) is 6.42 Å². The summed E-state index contributed by atoms with van der Waals surface area (Å²) >= 11 is 0. The second-order valence-corrected chi connectivity index (χ2v) is 5.00. The Morgan fingerprint density at radius 1 is 0.833 bits per heavy atom. The highest BCUT2D eigenvalue weighted by molar-refractivity contribution is 5.64. The minimum Gasteiger partial charge on any atom is -0.550 e. The maximum absolute atomic E-state index is 10.2. The maximum atomic E-state index is 10.2. The van der Waals surface area contributed by atoms with Gasteiger partial charge in [0.2, 0.25) is 0 Å². The van der Waals surface area contributed by atoms with Gasteiger partial charge in [-0.1, -0.05) is 70.4 Å². The molecule has 0 saturated heterocycles. The number of hydrogen-bond acceptors (Lipinski definition) is 2. The fourth-order valence-corrected chi connectivity index (χ4v) is 2.01. The zero-order valence-corrected chi connectivity index (χ0v) is 12.0. The molecule has 0 aromatic heterocycles. The Bertz CT molecular complexity index is 209. The van der Waals surface area contributed by atoms with Gasteiger partial charge in [-0.05, 0) is 25.7 Å². The molecule has 2 heteroatoms. The van der Waals surface area contributed by atoms with Gasteiger partial charge in [0.25, 0.3) is 0 Å². The summed E-state index contributed by atoms with van der Waals surface area (Å²) in [5, 5.41) is 10.2. The summed E-state index contributed by atoms with van der Waals surface area (Å²) in [6.07, 6.45) is 18.1. The number of carboxylic acids is 1. The van der Waals surface area contributed by atoms with Gasteiger partial charge in [0.15, 0.2) is 0 Å². The van der Waals surface area contributed by atoms with Gasteiger partial charge < -0.3 is 9.90 Å². The van der Waals surface area contributed by atoms with Crippen molar-refractivity contribution in [2.24, 2.45) is 0 Å². The van der Waals surface area contributed by atoms with Gasteiger partial charge in [-0.15, -0.1) is 0 Å². The number of aliphatic carboxylic acids is 1. The molecular weight excluding hydrogens is 224 g/mol. The second-order valence-electron chi connectivity index (χ2n) is 5.00. The molecule has 0 aliphatic heterocycles. The van der Waals surface area contributed by atoms with Crippen molar-refractivity contribution in [3.8, 4) is 0 Å². The lowest BCUT2D eigenvalue weighted by atomic mass is 10.1. The summed E-state index contributed by atoms with van der Waals surface area (Å²) < 4.78 is 0. The van der Waals surface area contributed by atoms with E-state index in [9.17, 15) is 9.90 Å². The zero-order valence-electron chi connectivity index (χ0n) is 12.0. The van der Waals surface area contributed by atoms with Crippen molar-refractivity contribution < 1.29 is 9.90 Å². The first-order valence-corrected chi connectivity index (χ1v) is 7.62. The Labute approximate surface area is 112 Å². The van der Waals surface area contributed by atoms with Crippen LogP contribution < -0.4 is 5.11 Å². The van der Waals surface area contributed by atoms with Crippen molar-refractivity contribution in [2.45, 2.75) is 84.0 Å². The number of carboxylic acid groups (broad SMARTS) is 1. The number of rotatable bonds is 13. The molecule has 0 fully saturated rings. The van der Waals surface area contributed by atoms with E-state index >= 15 is 0 Å². The van der Waals surface area contributed by atoms with Gasteiger partial charge >= 0.3 is 0 Å². The Morgan fingerprint density at radius 3 is 1.89 bits per heavy atom. The van der Waals surface area contributed by atoms with E-state index in [4.69, 9.17) is 0 Å². The monoisotopic (exact) mass is 253 g/mol.